The minimum absolute atomic E-state index is 0.400. The third-order valence-corrected chi connectivity index (χ3v) is 11.5. The van der Waals surface area contributed by atoms with Crippen molar-refractivity contribution >= 4 is 59.3 Å². The average molecular weight is 642 g/mol. The van der Waals surface area contributed by atoms with Crippen LogP contribution in [0.5, 0.6) is 0 Å². The second-order valence-electron chi connectivity index (χ2n) is 12.9. The molecule has 0 aliphatic heterocycles. The van der Waals surface area contributed by atoms with Crippen molar-refractivity contribution in [3.05, 3.63) is 210 Å². The standard InChI is InChI=1S/C47H31NS/c1-3-16-33(17-4-1)47(42-23-11-9-21-38(42)39-22-10-12-24-43(39)47)34-26-28-40-41-31-36(27-29-45(41)49-46(40)30-34)48(35-18-5-2-6-19-35)44-25-13-15-32-14-7-8-20-37(32)44/h1-31H. The third-order valence-electron chi connectivity index (χ3n) is 10.3. The molecular weight excluding hydrogens is 611 g/mol. The second-order valence-corrected chi connectivity index (χ2v) is 14.0. The van der Waals surface area contributed by atoms with Gasteiger partial charge in [-0.05, 0) is 81.2 Å². The van der Waals surface area contributed by atoms with E-state index in [2.05, 4.69) is 193 Å². The molecule has 49 heavy (non-hydrogen) atoms. The van der Waals surface area contributed by atoms with Gasteiger partial charge in [0.25, 0.3) is 0 Å². The van der Waals surface area contributed by atoms with Crippen LogP contribution in [0.1, 0.15) is 22.3 Å². The Balaban J connectivity index is 1.19. The van der Waals surface area contributed by atoms with E-state index in [0.717, 1.165) is 11.4 Å². The van der Waals surface area contributed by atoms with E-state index in [4.69, 9.17) is 0 Å². The van der Waals surface area contributed by atoms with Crippen molar-refractivity contribution in [1.29, 1.82) is 0 Å². The van der Waals surface area contributed by atoms with E-state index in [9.17, 15) is 0 Å². The summed E-state index contributed by atoms with van der Waals surface area (Å²) in [7, 11) is 0. The number of benzene rings is 8. The molecule has 9 aromatic rings. The Morgan fingerprint density at radius 1 is 0.388 bits per heavy atom. The van der Waals surface area contributed by atoms with Crippen molar-refractivity contribution in [1.82, 2.24) is 0 Å². The normalized spacial score (nSPS) is 13.1. The van der Waals surface area contributed by atoms with Gasteiger partial charge in [0.1, 0.15) is 0 Å². The highest BCUT2D eigenvalue weighted by atomic mass is 32.1. The van der Waals surface area contributed by atoms with E-state index >= 15 is 0 Å². The summed E-state index contributed by atoms with van der Waals surface area (Å²) >= 11 is 1.89. The van der Waals surface area contributed by atoms with Gasteiger partial charge in [-0.15, -0.1) is 11.3 Å². The SMILES string of the molecule is c1ccc(N(c2ccc3sc4cc(C5(c6ccccc6)c6ccccc6-c6ccccc65)ccc4c3c2)c2cccc3ccccc23)cc1. The van der Waals surface area contributed by atoms with Crippen molar-refractivity contribution in [3.8, 4) is 11.1 Å². The molecule has 1 nitrogen and oxygen atoms in total. The Labute approximate surface area is 290 Å². The quantitative estimate of drug-likeness (QED) is 0.181. The van der Waals surface area contributed by atoms with Gasteiger partial charge in [-0.1, -0.05) is 146 Å². The third kappa shape index (κ3) is 4.18. The van der Waals surface area contributed by atoms with Crippen LogP contribution in [0.3, 0.4) is 0 Å². The van der Waals surface area contributed by atoms with Gasteiger partial charge in [-0.25, -0.2) is 0 Å². The molecule has 1 aliphatic rings. The van der Waals surface area contributed by atoms with Gasteiger partial charge in [-0.3, -0.25) is 0 Å². The molecule has 1 heterocycles. The van der Waals surface area contributed by atoms with Crippen LogP contribution in [0.25, 0.3) is 42.1 Å². The molecule has 0 atom stereocenters. The maximum Gasteiger partial charge on any atom is 0.0714 e. The largest absolute Gasteiger partial charge is 0.310 e. The smallest absolute Gasteiger partial charge is 0.0714 e. The summed E-state index contributed by atoms with van der Waals surface area (Å²) in [5, 5.41) is 5.04. The first-order valence-corrected chi connectivity index (χ1v) is 17.7. The van der Waals surface area contributed by atoms with Gasteiger partial charge in [0.2, 0.25) is 0 Å². The molecule has 0 amide bonds. The number of thiophene rings is 1. The molecule has 0 fully saturated rings. The molecule has 0 saturated carbocycles. The highest BCUT2D eigenvalue weighted by Crippen LogP contribution is 2.56. The summed E-state index contributed by atoms with van der Waals surface area (Å²) < 4.78 is 2.60. The summed E-state index contributed by atoms with van der Waals surface area (Å²) in [6.45, 7) is 0. The van der Waals surface area contributed by atoms with Gasteiger partial charge < -0.3 is 4.90 Å². The van der Waals surface area contributed by atoms with Crippen LogP contribution < -0.4 is 4.90 Å². The summed E-state index contributed by atoms with van der Waals surface area (Å²) in [6, 6.07) is 69.2. The Hall–Kier alpha value is -5.96. The zero-order valence-electron chi connectivity index (χ0n) is 26.8. The summed E-state index contributed by atoms with van der Waals surface area (Å²) in [4.78, 5) is 2.40. The van der Waals surface area contributed by atoms with E-state index in [0.29, 0.717) is 0 Å². The molecule has 0 radical (unpaired) electrons. The lowest BCUT2D eigenvalue weighted by atomic mass is 9.67. The average Bonchev–Trinajstić information content (AvgIpc) is 3.69. The van der Waals surface area contributed by atoms with Gasteiger partial charge in [-0.2, -0.15) is 0 Å². The van der Waals surface area contributed by atoms with Crippen LogP contribution in [0.15, 0.2) is 188 Å². The second kappa shape index (κ2) is 11.1. The van der Waals surface area contributed by atoms with Crippen LogP contribution in [0.2, 0.25) is 0 Å². The Morgan fingerprint density at radius 2 is 1.04 bits per heavy atom. The summed E-state index contributed by atoms with van der Waals surface area (Å²) in [6.07, 6.45) is 0. The zero-order chi connectivity index (χ0) is 32.4. The first-order chi connectivity index (χ1) is 24.3. The van der Waals surface area contributed by atoms with Gasteiger partial charge >= 0.3 is 0 Å². The molecule has 0 unspecified atom stereocenters. The summed E-state index contributed by atoms with van der Waals surface area (Å²) in [5.41, 5.74) is 11.0. The predicted molar refractivity (Wildman–Crippen MR) is 209 cm³/mol. The van der Waals surface area contributed by atoms with Crippen LogP contribution in [-0.4, -0.2) is 0 Å². The van der Waals surface area contributed by atoms with Crippen LogP contribution in [-0.2, 0) is 5.41 Å². The van der Waals surface area contributed by atoms with Crippen molar-refractivity contribution in [2.24, 2.45) is 0 Å². The van der Waals surface area contributed by atoms with Gasteiger partial charge in [0.15, 0.2) is 0 Å². The fourth-order valence-electron chi connectivity index (χ4n) is 8.26. The molecule has 10 rings (SSSR count). The molecule has 2 heteroatoms. The fourth-order valence-corrected chi connectivity index (χ4v) is 9.38. The van der Waals surface area contributed by atoms with Gasteiger partial charge in [0, 0.05) is 36.9 Å². The van der Waals surface area contributed by atoms with Crippen LogP contribution >= 0.6 is 11.3 Å². The number of rotatable bonds is 5. The molecule has 1 aromatic heterocycles. The van der Waals surface area contributed by atoms with Crippen molar-refractivity contribution in [3.63, 3.8) is 0 Å². The lowest BCUT2D eigenvalue weighted by molar-refractivity contribution is 0.770. The molecule has 0 spiro atoms. The Morgan fingerprint density at radius 3 is 1.82 bits per heavy atom. The van der Waals surface area contributed by atoms with Crippen molar-refractivity contribution in [2.45, 2.75) is 5.41 Å². The fraction of sp³-hybridized carbons (Fsp3) is 0.0213. The van der Waals surface area contributed by atoms with Crippen molar-refractivity contribution < 1.29 is 0 Å². The zero-order valence-corrected chi connectivity index (χ0v) is 27.6. The van der Waals surface area contributed by atoms with Crippen molar-refractivity contribution in [2.75, 3.05) is 4.90 Å². The Bertz CT molecular complexity index is 2620. The lowest BCUT2D eigenvalue weighted by Crippen LogP contribution is -2.28. The van der Waals surface area contributed by atoms with E-state index in [1.165, 1.54) is 70.0 Å². The maximum absolute atomic E-state index is 2.46. The maximum atomic E-state index is 2.46. The van der Waals surface area contributed by atoms with Crippen LogP contribution in [0, 0.1) is 0 Å². The molecule has 0 bridgehead atoms. The number of hydrogen-bond acceptors (Lipinski definition) is 2. The van der Waals surface area contributed by atoms with E-state index in [-0.39, 0.29) is 0 Å². The predicted octanol–water partition coefficient (Wildman–Crippen LogP) is 13.0. The van der Waals surface area contributed by atoms with Gasteiger partial charge in [0.05, 0.1) is 11.1 Å². The first kappa shape index (κ1) is 28.1. The Kier molecular flexibility index (Phi) is 6.34. The number of para-hydroxylation sites is 1. The molecule has 1 aliphatic carbocycles. The van der Waals surface area contributed by atoms with Crippen LogP contribution in [0.4, 0.5) is 17.1 Å². The lowest BCUT2D eigenvalue weighted by Gasteiger charge is -2.33. The monoisotopic (exact) mass is 641 g/mol. The molecule has 0 N–H and O–H groups in total. The minimum Gasteiger partial charge on any atom is -0.310 e. The number of fused-ring (bicyclic) bond motifs is 7. The number of nitrogens with zero attached hydrogens (tertiary/aromatic N) is 1. The van der Waals surface area contributed by atoms with E-state index < -0.39 is 5.41 Å². The molecular formula is C47H31NS. The number of hydrogen-bond donors (Lipinski definition) is 0. The molecule has 8 aromatic carbocycles. The topological polar surface area (TPSA) is 3.24 Å². The van der Waals surface area contributed by atoms with E-state index in [1.54, 1.807) is 0 Å². The number of anilines is 3. The summed E-state index contributed by atoms with van der Waals surface area (Å²) in [5.74, 6) is 0. The first-order valence-electron chi connectivity index (χ1n) is 16.9. The van der Waals surface area contributed by atoms with E-state index in [1.807, 2.05) is 11.3 Å². The highest BCUT2D eigenvalue weighted by molar-refractivity contribution is 7.25. The molecule has 0 saturated heterocycles. The minimum atomic E-state index is -0.400. The molecule has 230 valence electrons. The highest BCUT2D eigenvalue weighted by Gasteiger charge is 2.45.